The van der Waals surface area contributed by atoms with Crippen molar-refractivity contribution in [3.05, 3.63) is 29.8 Å². The number of likely N-dealkylation sites (tertiary alicyclic amines) is 1. The molecule has 2 N–H and O–H groups in total. The largest absolute Gasteiger partial charge is 0.484 e. The number of ether oxygens (including phenoxy) is 1. The van der Waals surface area contributed by atoms with E-state index in [0.29, 0.717) is 16.7 Å². The maximum Gasteiger partial charge on any atom is 0.255 e. The lowest BCUT2D eigenvalue weighted by atomic mass is 9.85. The number of amides is 2. The van der Waals surface area contributed by atoms with Gasteiger partial charge in [0.05, 0.1) is 0 Å². The first kappa shape index (κ1) is 16.3. The molecule has 0 atom stereocenters. The third-order valence-electron chi connectivity index (χ3n) is 4.11. The van der Waals surface area contributed by atoms with E-state index in [-0.39, 0.29) is 12.5 Å². The summed E-state index contributed by atoms with van der Waals surface area (Å²) < 4.78 is 5.20. The van der Waals surface area contributed by atoms with Gasteiger partial charge in [-0.1, -0.05) is 13.8 Å². The van der Waals surface area contributed by atoms with Crippen LogP contribution in [0.4, 0.5) is 0 Å². The molecular formula is C17H24N2O3. The van der Waals surface area contributed by atoms with Crippen LogP contribution in [-0.4, -0.2) is 36.4 Å². The van der Waals surface area contributed by atoms with E-state index in [4.69, 9.17) is 10.5 Å². The fourth-order valence-corrected chi connectivity index (χ4v) is 2.66. The molecule has 1 aliphatic rings. The molecule has 1 fully saturated rings. The Morgan fingerprint density at radius 3 is 2.50 bits per heavy atom. The van der Waals surface area contributed by atoms with Crippen LogP contribution in [0.2, 0.25) is 0 Å². The van der Waals surface area contributed by atoms with Gasteiger partial charge >= 0.3 is 0 Å². The molecule has 1 heterocycles. The van der Waals surface area contributed by atoms with E-state index in [1.807, 2.05) is 4.90 Å². The third kappa shape index (κ3) is 4.48. The highest BCUT2D eigenvalue weighted by molar-refractivity contribution is 5.94. The summed E-state index contributed by atoms with van der Waals surface area (Å²) in [4.78, 5) is 25.2. The average molecular weight is 304 g/mol. The molecule has 0 unspecified atom stereocenters. The number of benzene rings is 1. The van der Waals surface area contributed by atoms with E-state index in [2.05, 4.69) is 13.8 Å². The van der Waals surface area contributed by atoms with Gasteiger partial charge < -0.3 is 15.4 Å². The molecule has 5 heteroatoms. The average Bonchev–Trinajstić information content (AvgIpc) is 2.66. The summed E-state index contributed by atoms with van der Waals surface area (Å²) in [5.41, 5.74) is 5.98. The predicted molar refractivity (Wildman–Crippen MR) is 84.7 cm³/mol. The fourth-order valence-electron chi connectivity index (χ4n) is 2.66. The number of hydrogen-bond acceptors (Lipinski definition) is 3. The minimum atomic E-state index is -0.521. The van der Waals surface area contributed by atoms with Crippen molar-refractivity contribution in [2.45, 2.75) is 33.1 Å². The molecule has 0 saturated carbocycles. The predicted octanol–water partition coefficient (Wildman–Crippen LogP) is 2.20. The Morgan fingerprint density at radius 1 is 1.18 bits per heavy atom. The van der Waals surface area contributed by atoms with Crippen molar-refractivity contribution in [1.82, 2.24) is 4.90 Å². The summed E-state index contributed by atoms with van der Waals surface area (Å²) in [6.45, 7) is 5.96. The second kappa shape index (κ2) is 6.81. The Morgan fingerprint density at radius 2 is 1.86 bits per heavy atom. The van der Waals surface area contributed by atoms with Crippen LogP contribution in [0.25, 0.3) is 0 Å². The first-order valence-corrected chi connectivity index (χ1v) is 7.68. The minimum Gasteiger partial charge on any atom is -0.484 e. The molecule has 0 aliphatic carbocycles. The quantitative estimate of drug-likeness (QED) is 0.927. The van der Waals surface area contributed by atoms with Crippen molar-refractivity contribution < 1.29 is 14.3 Å². The van der Waals surface area contributed by atoms with Crippen molar-refractivity contribution in [1.29, 1.82) is 0 Å². The summed E-state index contributed by atoms with van der Waals surface area (Å²) in [6.07, 6.45) is 3.22. The number of primary amides is 1. The number of carbonyl (C=O) groups excluding carboxylic acids is 2. The van der Waals surface area contributed by atoms with Crippen molar-refractivity contribution in [2.24, 2.45) is 11.1 Å². The van der Waals surface area contributed by atoms with Gasteiger partial charge in [-0.2, -0.15) is 0 Å². The second-order valence-electron chi connectivity index (χ2n) is 6.59. The van der Waals surface area contributed by atoms with Crippen LogP contribution in [-0.2, 0) is 4.79 Å². The molecule has 5 nitrogen and oxygen atoms in total. The molecule has 0 spiro atoms. The normalized spacial score (nSPS) is 17.6. The summed E-state index contributed by atoms with van der Waals surface area (Å²) in [6, 6.07) is 6.85. The molecule has 1 aromatic carbocycles. The molecule has 2 rings (SSSR count). The van der Waals surface area contributed by atoms with E-state index < -0.39 is 5.91 Å². The summed E-state index contributed by atoms with van der Waals surface area (Å²) in [7, 11) is 0. The molecule has 1 aromatic rings. The highest BCUT2D eigenvalue weighted by atomic mass is 16.5. The zero-order valence-electron chi connectivity index (χ0n) is 13.3. The van der Waals surface area contributed by atoms with Gasteiger partial charge in [0.1, 0.15) is 5.75 Å². The van der Waals surface area contributed by atoms with Crippen molar-refractivity contribution >= 4 is 11.8 Å². The second-order valence-corrected chi connectivity index (χ2v) is 6.59. The molecule has 1 aliphatic heterocycles. The Kier molecular flexibility index (Phi) is 5.06. The van der Waals surface area contributed by atoms with E-state index in [1.54, 1.807) is 24.3 Å². The molecule has 0 bridgehead atoms. The Balaban J connectivity index is 1.98. The van der Waals surface area contributed by atoms with Crippen LogP contribution >= 0.6 is 0 Å². The van der Waals surface area contributed by atoms with E-state index in [0.717, 1.165) is 32.4 Å². The summed E-state index contributed by atoms with van der Waals surface area (Å²) >= 11 is 0. The molecule has 120 valence electrons. The van der Waals surface area contributed by atoms with Crippen molar-refractivity contribution in [3.63, 3.8) is 0 Å². The Hall–Kier alpha value is -2.04. The molecule has 1 saturated heterocycles. The number of hydrogen-bond donors (Lipinski definition) is 1. The van der Waals surface area contributed by atoms with E-state index in [9.17, 15) is 9.59 Å². The summed E-state index contributed by atoms with van der Waals surface area (Å²) in [5, 5.41) is 0. The molecule has 2 amide bonds. The number of nitrogens with zero attached hydrogens (tertiary/aromatic N) is 1. The molecule has 0 aromatic heterocycles. The van der Waals surface area contributed by atoms with Crippen LogP contribution in [0.1, 0.15) is 43.5 Å². The van der Waals surface area contributed by atoms with Gasteiger partial charge in [0.15, 0.2) is 6.61 Å². The van der Waals surface area contributed by atoms with Crippen LogP contribution in [0, 0.1) is 5.41 Å². The monoisotopic (exact) mass is 304 g/mol. The zero-order valence-corrected chi connectivity index (χ0v) is 13.3. The number of rotatable bonds is 4. The lowest BCUT2D eigenvalue weighted by Crippen LogP contribution is -2.32. The maximum absolute atomic E-state index is 12.6. The Bertz CT molecular complexity index is 537. The first-order chi connectivity index (χ1) is 10.4. The molecule has 0 radical (unpaired) electrons. The van der Waals surface area contributed by atoms with Crippen LogP contribution in [0.3, 0.4) is 0 Å². The Labute approximate surface area is 131 Å². The van der Waals surface area contributed by atoms with Gasteiger partial charge in [0.2, 0.25) is 0 Å². The van der Waals surface area contributed by atoms with Gasteiger partial charge in [-0.15, -0.1) is 0 Å². The van der Waals surface area contributed by atoms with Crippen LogP contribution < -0.4 is 10.5 Å². The van der Waals surface area contributed by atoms with Gasteiger partial charge in [-0.05, 0) is 48.9 Å². The van der Waals surface area contributed by atoms with Crippen LogP contribution in [0.5, 0.6) is 5.75 Å². The number of nitrogens with two attached hydrogens (primary N) is 1. The SMILES string of the molecule is CC1(C)CCCN(C(=O)c2ccc(OCC(N)=O)cc2)CC1. The van der Waals surface area contributed by atoms with Gasteiger partial charge in [0, 0.05) is 18.7 Å². The molecule has 22 heavy (non-hydrogen) atoms. The first-order valence-electron chi connectivity index (χ1n) is 7.68. The van der Waals surface area contributed by atoms with Gasteiger partial charge in [0.25, 0.3) is 11.8 Å². The smallest absolute Gasteiger partial charge is 0.255 e. The lowest BCUT2D eigenvalue weighted by molar-refractivity contribution is -0.119. The fraction of sp³-hybridized carbons (Fsp3) is 0.529. The topological polar surface area (TPSA) is 72.6 Å². The minimum absolute atomic E-state index is 0.0548. The third-order valence-corrected chi connectivity index (χ3v) is 4.11. The van der Waals surface area contributed by atoms with Gasteiger partial charge in [-0.3, -0.25) is 9.59 Å². The van der Waals surface area contributed by atoms with Crippen LogP contribution in [0.15, 0.2) is 24.3 Å². The molecular weight excluding hydrogens is 280 g/mol. The van der Waals surface area contributed by atoms with Crippen molar-refractivity contribution in [3.8, 4) is 5.75 Å². The van der Waals surface area contributed by atoms with E-state index >= 15 is 0 Å². The van der Waals surface area contributed by atoms with E-state index in [1.165, 1.54) is 0 Å². The maximum atomic E-state index is 12.6. The zero-order chi connectivity index (χ0) is 16.2. The highest BCUT2D eigenvalue weighted by Gasteiger charge is 2.25. The standard InChI is InChI=1S/C17H24N2O3/c1-17(2)8-3-10-19(11-9-17)16(21)13-4-6-14(7-5-13)22-12-15(18)20/h4-7H,3,8-12H2,1-2H3,(H2,18,20). The lowest BCUT2D eigenvalue weighted by Gasteiger charge is -2.23. The number of carbonyl (C=O) groups is 2. The van der Waals surface area contributed by atoms with Crippen molar-refractivity contribution in [2.75, 3.05) is 19.7 Å². The van der Waals surface area contributed by atoms with Gasteiger partial charge in [-0.25, -0.2) is 0 Å². The summed E-state index contributed by atoms with van der Waals surface area (Å²) in [5.74, 6) is 0.0684. The highest BCUT2D eigenvalue weighted by Crippen LogP contribution is 2.30.